The maximum atomic E-state index is 11.6. The van der Waals surface area contributed by atoms with Gasteiger partial charge >= 0.3 is 0 Å². The van der Waals surface area contributed by atoms with Crippen molar-refractivity contribution in [1.29, 1.82) is 0 Å². The lowest BCUT2D eigenvalue weighted by molar-refractivity contribution is -0.428. The van der Waals surface area contributed by atoms with Crippen molar-refractivity contribution < 1.29 is 17.5 Å². The largest absolute Gasteiger partial charge is 0.297 e. The molecular weight excluding hydrogens is 246 g/mol. The number of hydrogen-bond acceptors (Lipinski definition) is 5. The lowest BCUT2D eigenvalue weighted by Crippen LogP contribution is -2.12. The highest BCUT2D eigenvalue weighted by Gasteiger charge is 2.18. The molecule has 0 unspecified atom stereocenters. The van der Waals surface area contributed by atoms with E-state index >= 15 is 0 Å². The van der Waals surface area contributed by atoms with Crippen molar-refractivity contribution in [1.82, 2.24) is 0 Å². The molecule has 0 heterocycles. The summed E-state index contributed by atoms with van der Waals surface area (Å²) in [5, 5.41) is 10.2. The average Bonchev–Trinajstić information content (AvgIpc) is 2.26. The zero-order valence-corrected chi connectivity index (χ0v) is 9.94. The standard InChI is InChI=1S/C10H11NO5S/c1-8-3-5-10(6-4-8)17(14,15)16-7-9(2)11(12)13/h3-6H,2,7H2,1H3. The summed E-state index contributed by atoms with van der Waals surface area (Å²) < 4.78 is 27.7. The predicted octanol–water partition coefficient (Wildman–Crippen LogP) is 1.49. The van der Waals surface area contributed by atoms with E-state index in [-0.39, 0.29) is 4.90 Å². The molecule has 0 atom stereocenters. The number of hydrogen-bond donors (Lipinski definition) is 0. The van der Waals surface area contributed by atoms with Crippen molar-refractivity contribution in [3.8, 4) is 0 Å². The Hall–Kier alpha value is -1.73. The van der Waals surface area contributed by atoms with E-state index in [9.17, 15) is 18.5 Å². The molecule has 0 fully saturated rings. The van der Waals surface area contributed by atoms with Gasteiger partial charge in [0.25, 0.3) is 15.8 Å². The van der Waals surface area contributed by atoms with E-state index in [0.29, 0.717) is 0 Å². The van der Waals surface area contributed by atoms with Gasteiger partial charge in [-0.15, -0.1) is 0 Å². The van der Waals surface area contributed by atoms with Crippen molar-refractivity contribution in [3.05, 3.63) is 52.2 Å². The Balaban J connectivity index is 2.79. The highest BCUT2D eigenvalue weighted by atomic mass is 32.2. The van der Waals surface area contributed by atoms with Crippen LogP contribution >= 0.6 is 0 Å². The fourth-order valence-corrected chi connectivity index (χ4v) is 1.87. The van der Waals surface area contributed by atoms with Crippen molar-refractivity contribution in [2.75, 3.05) is 6.61 Å². The zero-order valence-electron chi connectivity index (χ0n) is 9.12. The first-order valence-electron chi connectivity index (χ1n) is 4.61. The molecule has 0 aliphatic carbocycles. The molecule has 0 radical (unpaired) electrons. The quantitative estimate of drug-likeness (QED) is 0.453. The minimum Gasteiger partial charge on any atom is -0.259 e. The smallest absolute Gasteiger partial charge is 0.259 e. The number of benzene rings is 1. The van der Waals surface area contributed by atoms with Gasteiger partial charge in [0.15, 0.2) is 6.61 Å². The van der Waals surface area contributed by atoms with Gasteiger partial charge in [-0.1, -0.05) is 17.7 Å². The van der Waals surface area contributed by atoms with Crippen LogP contribution in [-0.2, 0) is 14.3 Å². The fourth-order valence-electron chi connectivity index (χ4n) is 0.971. The van der Waals surface area contributed by atoms with Crippen molar-refractivity contribution in [2.24, 2.45) is 0 Å². The first-order valence-corrected chi connectivity index (χ1v) is 6.02. The van der Waals surface area contributed by atoms with Crippen molar-refractivity contribution >= 4 is 10.1 Å². The first kappa shape index (κ1) is 13.3. The summed E-state index contributed by atoms with van der Waals surface area (Å²) in [6.45, 7) is 4.22. The molecule has 6 nitrogen and oxygen atoms in total. The van der Waals surface area contributed by atoms with Gasteiger partial charge in [0.1, 0.15) is 0 Å². The van der Waals surface area contributed by atoms with Crippen LogP contribution in [0.15, 0.2) is 41.4 Å². The van der Waals surface area contributed by atoms with Gasteiger partial charge in [0.05, 0.1) is 9.82 Å². The van der Waals surface area contributed by atoms with Gasteiger partial charge in [-0.2, -0.15) is 8.42 Å². The van der Waals surface area contributed by atoms with Gasteiger partial charge in [0.2, 0.25) is 0 Å². The first-order chi connectivity index (χ1) is 7.83. The summed E-state index contributed by atoms with van der Waals surface area (Å²) in [6.07, 6.45) is 0. The summed E-state index contributed by atoms with van der Waals surface area (Å²) >= 11 is 0. The molecule has 17 heavy (non-hydrogen) atoms. The van der Waals surface area contributed by atoms with E-state index < -0.39 is 27.3 Å². The molecule has 0 aliphatic heterocycles. The zero-order chi connectivity index (χ0) is 13.1. The highest BCUT2D eigenvalue weighted by molar-refractivity contribution is 7.86. The molecule has 0 amide bonds. The lowest BCUT2D eigenvalue weighted by atomic mass is 10.2. The van der Waals surface area contributed by atoms with Crippen molar-refractivity contribution in [3.63, 3.8) is 0 Å². The topological polar surface area (TPSA) is 86.5 Å². The van der Waals surface area contributed by atoms with E-state index in [1.165, 1.54) is 12.1 Å². The normalized spacial score (nSPS) is 11.1. The Labute approximate surface area is 98.8 Å². The Morgan fingerprint density at radius 2 is 1.94 bits per heavy atom. The Morgan fingerprint density at radius 1 is 1.41 bits per heavy atom. The van der Waals surface area contributed by atoms with Gasteiger partial charge < -0.3 is 0 Å². The van der Waals surface area contributed by atoms with Gasteiger partial charge in [-0.3, -0.25) is 14.3 Å². The second-order valence-electron chi connectivity index (χ2n) is 3.35. The third-order valence-electron chi connectivity index (χ3n) is 1.95. The highest BCUT2D eigenvalue weighted by Crippen LogP contribution is 2.13. The predicted molar refractivity (Wildman–Crippen MR) is 60.5 cm³/mol. The van der Waals surface area contributed by atoms with E-state index in [1.807, 2.05) is 6.92 Å². The SMILES string of the molecule is C=C(COS(=O)(=O)c1ccc(C)cc1)[N+](=O)[O-]. The maximum Gasteiger partial charge on any atom is 0.297 e. The van der Waals surface area contributed by atoms with Crippen LogP contribution in [0.3, 0.4) is 0 Å². The number of rotatable bonds is 5. The van der Waals surface area contributed by atoms with Crippen LogP contribution in [0.2, 0.25) is 0 Å². The lowest BCUT2D eigenvalue weighted by Gasteiger charge is -2.04. The minimum absolute atomic E-state index is 0.0424. The number of aryl methyl sites for hydroxylation is 1. The third kappa shape index (κ3) is 3.65. The van der Waals surface area contributed by atoms with Crippen LogP contribution in [0.1, 0.15) is 5.56 Å². The molecule has 0 spiro atoms. The number of nitro groups is 1. The third-order valence-corrected chi connectivity index (χ3v) is 3.23. The van der Waals surface area contributed by atoms with E-state index in [2.05, 4.69) is 10.8 Å². The van der Waals surface area contributed by atoms with E-state index in [0.717, 1.165) is 5.56 Å². The van der Waals surface area contributed by atoms with Crippen LogP contribution in [-0.4, -0.2) is 19.9 Å². The Bertz CT molecular complexity index is 532. The summed E-state index contributed by atoms with van der Waals surface area (Å²) in [6, 6.07) is 5.97. The molecule has 1 rings (SSSR count). The van der Waals surface area contributed by atoms with E-state index in [1.54, 1.807) is 12.1 Å². The number of nitrogens with zero attached hydrogens (tertiary/aromatic N) is 1. The summed E-state index contributed by atoms with van der Waals surface area (Å²) in [4.78, 5) is 9.40. The summed E-state index contributed by atoms with van der Waals surface area (Å²) in [5.41, 5.74) is 0.388. The van der Waals surface area contributed by atoms with Crippen LogP contribution < -0.4 is 0 Å². The van der Waals surface area contributed by atoms with Crippen LogP contribution in [0, 0.1) is 17.0 Å². The van der Waals surface area contributed by atoms with Crippen molar-refractivity contribution in [2.45, 2.75) is 11.8 Å². The fraction of sp³-hybridized carbons (Fsp3) is 0.200. The molecular formula is C10H11NO5S. The van der Waals surface area contributed by atoms with Crippen LogP contribution in [0.5, 0.6) is 0 Å². The van der Waals surface area contributed by atoms with Gasteiger partial charge in [-0.25, -0.2) is 0 Å². The van der Waals surface area contributed by atoms with Crippen LogP contribution in [0.4, 0.5) is 0 Å². The minimum atomic E-state index is -3.97. The molecule has 0 bridgehead atoms. The second-order valence-corrected chi connectivity index (χ2v) is 4.97. The molecule has 0 aromatic heterocycles. The van der Waals surface area contributed by atoms with E-state index in [4.69, 9.17) is 0 Å². The average molecular weight is 257 g/mol. The summed E-state index contributed by atoms with van der Waals surface area (Å²) in [5.74, 6) is 0. The van der Waals surface area contributed by atoms with Gasteiger partial charge in [0, 0.05) is 0 Å². The summed E-state index contributed by atoms with van der Waals surface area (Å²) in [7, 11) is -3.97. The van der Waals surface area contributed by atoms with Gasteiger partial charge in [-0.05, 0) is 25.6 Å². The maximum absolute atomic E-state index is 11.6. The monoisotopic (exact) mass is 257 g/mol. The Morgan fingerprint density at radius 3 is 2.41 bits per heavy atom. The molecule has 0 saturated heterocycles. The second kappa shape index (κ2) is 5.07. The van der Waals surface area contributed by atoms with Crippen LogP contribution in [0.25, 0.3) is 0 Å². The molecule has 1 aromatic rings. The molecule has 7 heteroatoms. The molecule has 0 aliphatic rings. The molecule has 0 saturated carbocycles. The Kier molecular flexibility index (Phi) is 3.97. The molecule has 92 valence electrons. The molecule has 0 N–H and O–H groups in total. The molecule has 1 aromatic carbocycles.